The van der Waals surface area contributed by atoms with Crippen LogP contribution in [-0.4, -0.2) is 17.3 Å². The van der Waals surface area contributed by atoms with Gasteiger partial charge in [0.05, 0.1) is 0 Å². The molecule has 90 valence electrons. The molecule has 2 N–H and O–H groups in total. The van der Waals surface area contributed by atoms with E-state index in [4.69, 9.17) is 16.7 Å². The number of benzene rings is 1. The Bertz CT molecular complexity index is 355. The topological polar surface area (TPSA) is 32.3 Å². The minimum atomic E-state index is -0.306. The molecule has 1 aromatic carbocycles. The van der Waals surface area contributed by atoms with Crippen molar-refractivity contribution in [2.75, 3.05) is 6.61 Å². The van der Waals surface area contributed by atoms with Gasteiger partial charge in [-0.15, -0.1) is 0 Å². The lowest BCUT2D eigenvalue weighted by atomic mass is 10.0. The van der Waals surface area contributed by atoms with Crippen molar-refractivity contribution in [3.63, 3.8) is 0 Å². The lowest BCUT2D eigenvalue weighted by Gasteiger charge is -2.25. The maximum Gasteiger partial charge on any atom is 0.129 e. The lowest BCUT2D eigenvalue weighted by molar-refractivity contribution is 0.229. The molecule has 0 saturated carbocycles. The predicted octanol–water partition coefficient (Wildman–Crippen LogP) is 2.73. The molecule has 0 aromatic heterocycles. The molecule has 0 spiro atoms. The third-order valence-corrected chi connectivity index (χ3v) is 2.74. The molecule has 0 aliphatic heterocycles. The van der Waals surface area contributed by atoms with E-state index in [-0.39, 0.29) is 18.0 Å². The summed E-state index contributed by atoms with van der Waals surface area (Å²) in [5.74, 6) is -0.306. The summed E-state index contributed by atoms with van der Waals surface area (Å²) >= 11 is 5.66. The van der Waals surface area contributed by atoms with Crippen LogP contribution in [-0.2, 0) is 6.54 Å². The SMILES string of the molecule is CC(C)(CCO)NCc1ccc(Cl)cc1F. The molecule has 0 aliphatic carbocycles. The predicted molar refractivity (Wildman–Crippen MR) is 64.0 cm³/mol. The third kappa shape index (κ3) is 4.08. The van der Waals surface area contributed by atoms with Crippen molar-refractivity contribution in [2.45, 2.75) is 32.4 Å². The van der Waals surface area contributed by atoms with Crippen molar-refractivity contribution in [3.05, 3.63) is 34.6 Å². The van der Waals surface area contributed by atoms with Crippen LogP contribution in [0.25, 0.3) is 0 Å². The number of hydrogen-bond acceptors (Lipinski definition) is 2. The van der Waals surface area contributed by atoms with Crippen LogP contribution in [0.3, 0.4) is 0 Å². The van der Waals surface area contributed by atoms with Crippen LogP contribution < -0.4 is 5.32 Å². The first kappa shape index (κ1) is 13.4. The summed E-state index contributed by atoms with van der Waals surface area (Å²) in [6.07, 6.45) is 0.627. The third-order valence-electron chi connectivity index (χ3n) is 2.51. The largest absolute Gasteiger partial charge is 0.396 e. The van der Waals surface area contributed by atoms with Gasteiger partial charge in [-0.25, -0.2) is 4.39 Å². The highest BCUT2D eigenvalue weighted by Crippen LogP contribution is 2.16. The number of rotatable bonds is 5. The van der Waals surface area contributed by atoms with E-state index in [1.54, 1.807) is 12.1 Å². The highest BCUT2D eigenvalue weighted by atomic mass is 35.5. The molecule has 16 heavy (non-hydrogen) atoms. The molecule has 0 aliphatic rings. The molecular weight excluding hydrogens is 229 g/mol. The monoisotopic (exact) mass is 245 g/mol. The number of nitrogens with one attached hydrogen (secondary N) is 1. The zero-order valence-electron chi connectivity index (χ0n) is 9.56. The fourth-order valence-corrected chi connectivity index (χ4v) is 1.53. The van der Waals surface area contributed by atoms with E-state index in [9.17, 15) is 4.39 Å². The molecule has 0 fully saturated rings. The van der Waals surface area contributed by atoms with Gasteiger partial charge < -0.3 is 10.4 Å². The van der Waals surface area contributed by atoms with Crippen molar-refractivity contribution < 1.29 is 9.50 Å². The van der Waals surface area contributed by atoms with Crippen LogP contribution in [0.2, 0.25) is 5.02 Å². The number of aliphatic hydroxyl groups is 1. The normalized spacial score (nSPS) is 11.8. The van der Waals surface area contributed by atoms with Crippen LogP contribution in [0, 0.1) is 5.82 Å². The second-order valence-corrected chi connectivity index (χ2v) is 4.88. The molecule has 4 heteroatoms. The van der Waals surface area contributed by atoms with Crippen LogP contribution in [0.15, 0.2) is 18.2 Å². The standard InChI is InChI=1S/C12H17ClFNO/c1-12(2,5-6-16)15-8-9-3-4-10(13)7-11(9)14/h3-4,7,15-16H,5-6,8H2,1-2H3. The first-order chi connectivity index (χ1) is 7.44. The zero-order chi connectivity index (χ0) is 12.2. The molecule has 0 saturated heterocycles. The number of hydrogen-bond donors (Lipinski definition) is 2. The smallest absolute Gasteiger partial charge is 0.129 e. The summed E-state index contributed by atoms with van der Waals surface area (Å²) < 4.78 is 13.4. The van der Waals surface area contributed by atoms with Gasteiger partial charge in [0.25, 0.3) is 0 Å². The quantitative estimate of drug-likeness (QED) is 0.836. The van der Waals surface area contributed by atoms with Gasteiger partial charge in [0.2, 0.25) is 0 Å². The van der Waals surface area contributed by atoms with Gasteiger partial charge >= 0.3 is 0 Å². The van der Waals surface area contributed by atoms with E-state index in [1.165, 1.54) is 6.07 Å². The maximum absolute atomic E-state index is 13.4. The van der Waals surface area contributed by atoms with E-state index in [1.807, 2.05) is 13.8 Å². The molecule has 1 rings (SSSR count). The minimum Gasteiger partial charge on any atom is -0.396 e. The maximum atomic E-state index is 13.4. The summed E-state index contributed by atoms with van der Waals surface area (Å²) in [5, 5.41) is 12.5. The summed E-state index contributed by atoms with van der Waals surface area (Å²) in [6, 6.07) is 4.64. The summed E-state index contributed by atoms with van der Waals surface area (Å²) in [4.78, 5) is 0. The Morgan fingerprint density at radius 1 is 1.44 bits per heavy atom. The lowest BCUT2D eigenvalue weighted by Crippen LogP contribution is -2.39. The second kappa shape index (κ2) is 5.62. The molecule has 0 amide bonds. The van der Waals surface area contributed by atoms with Crippen molar-refractivity contribution in [2.24, 2.45) is 0 Å². The van der Waals surface area contributed by atoms with Crippen LogP contribution >= 0.6 is 11.6 Å². The van der Waals surface area contributed by atoms with Crippen molar-refractivity contribution >= 4 is 11.6 Å². The van der Waals surface area contributed by atoms with Gasteiger partial charge in [0.1, 0.15) is 5.82 Å². The fraction of sp³-hybridized carbons (Fsp3) is 0.500. The van der Waals surface area contributed by atoms with Crippen LogP contribution in [0.4, 0.5) is 4.39 Å². The molecule has 0 unspecified atom stereocenters. The molecule has 0 radical (unpaired) electrons. The molecule has 2 nitrogen and oxygen atoms in total. The van der Waals surface area contributed by atoms with Crippen LogP contribution in [0.1, 0.15) is 25.8 Å². The van der Waals surface area contributed by atoms with E-state index in [0.717, 1.165) is 0 Å². The Balaban J connectivity index is 2.61. The van der Waals surface area contributed by atoms with Gasteiger partial charge in [-0.1, -0.05) is 17.7 Å². The van der Waals surface area contributed by atoms with Gasteiger partial charge in [-0.2, -0.15) is 0 Å². The minimum absolute atomic E-state index is 0.114. The fourth-order valence-electron chi connectivity index (χ4n) is 1.37. The highest BCUT2D eigenvalue weighted by molar-refractivity contribution is 6.30. The van der Waals surface area contributed by atoms with Crippen molar-refractivity contribution in [1.82, 2.24) is 5.32 Å². The first-order valence-electron chi connectivity index (χ1n) is 5.24. The Hall–Kier alpha value is -0.640. The van der Waals surface area contributed by atoms with E-state index in [2.05, 4.69) is 5.32 Å². The van der Waals surface area contributed by atoms with E-state index >= 15 is 0 Å². The highest BCUT2D eigenvalue weighted by Gasteiger charge is 2.16. The summed E-state index contributed by atoms with van der Waals surface area (Å²) in [7, 11) is 0. The van der Waals surface area contributed by atoms with Gasteiger partial charge in [-0.05, 0) is 32.4 Å². The molecular formula is C12H17ClFNO. The zero-order valence-corrected chi connectivity index (χ0v) is 10.3. The van der Waals surface area contributed by atoms with Gasteiger partial charge in [-0.3, -0.25) is 0 Å². The van der Waals surface area contributed by atoms with Crippen molar-refractivity contribution in [3.8, 4) is 0 Å². The molecule has 1 aromatic rings. The average Bonchev–Trinajstić information content (AvgIpc) is 2.16. The molecule has 0 atom stereocenters. The van der Waals surface area contributed by atoms with Gasteiger partial charge in [0.15, 0.2) is 0 Å². The van der Waals surface area contributed by atoms with E-state index in [0.29, 0.717) is 23.6 Å². The summed E-state index contributed by atoms with van der Waals surface area (Å²) in [6.45, 7) is 4.48. The first-order valence-corrected chi connectivity index (χ1v) is 5.62. The number of halogens is 2. The van der Waals surface area contributed by atoms with Crippen LogP contribution in [0.5, 0.6) is 0 Å². The molecule has 0 heterocycles. The Morgan fingerprint density at radius 3 is 2.69 bits per heavy atom. The Morgan fingerprint density at radius 2 is 2.12 bits per heavy atom. The summed E-state index contributed by atoms with van der Waals surface area (Å²) in [5.41, 5.74) is 0.372. The second-order valence-electron chi connectivity index (χ2n) is 4.45. The molecule has 0 bridgehead atoms. The van der Waals surface area contributed by atoms with Gasteiger partial charge in [0, 0.05) is 29.3 Å². The Kier molecular flexibility index (Phi) is 4.71. The number of aliphatic hydroxyl groups excluding tert-OH is 1. The van der Waals surface area contributed by atoms with Crippen molar-refractivity contribution in [1.29, 1.82) is 0 Å². The van der Waals surface area contributed by atoms with E-state index < -0.39 is 0 Å². The average molecular weight is 246 g/mol. The Labute approximate surface area is 100 Å².